The van der Waals surface area contributed by atoms with Crippen molar-refractivity contribution in [3.8, 4) is 0 Å². The summed E-state index contributed by atoms with van der Waals surface area (Å²) < 4.78 is 25.5. The van der Waals surface area contributed by atoms with Crippen molar-refractivity contribution in [2.24, 2.45) is 0 Å². The highest BCUT2D eigenvalue weighted by atomic mass is 32.2. The predicted molar refractivity (Wildman–Crippen MR) is 101 cm³/mol. The van der Waals surface area contributed by atoms with Crippen LogP contribution < -0.4 is 10.2 Å². The molecule has 0 saturated heterocycles. The molecule has 0 heterocycles. The largest absolute Gasteiger partial charge is 0.326 e. The predicted octanol–water partition coefficient (Wildman–Crippen LogP) is 3.24. The van der Waals surface area contributed by atoms with Crippen LogP contribution in [-0.2, 0) is 19.4 Å². The number of hydrogen-bond donors (Lipinski definition) is 1. The minimum Gasteiger partial charge on any atom is -0.326 e. The summed E-state index contributed by atoms with van der Waals surface area (Å²) in [7, 11) is -3.68. The highest BCUT2D eigenvalue weighted by Gasteiger charge is 2.18. The van der Waals surface area contributed by atoms with Gasteiger partial charge in [0.25, 0.3) is 0 Å². The quantitative estimate of drug-likeness (QED) is 0.841. The molecule has 7 heteroatoms. The van der Waals surface area contributed by atoms with Gasteiger partial charge in [0.15, 0.2) is 0 Å². The van der Waals surface area contributed by atoms with Gasteiger partial charge in [-0.15, -0.1) is 0 Å². The molecule has 0 bridgehead atoms. The number of hydrogen-bond acceptors (Lipinski definition) is 4. The lowest BCUT2D eigenvalue weighted by atomic mass is 10.2. The number of benzene rings is 2. The normalized spacial score (nSPS) is 11.0. The minimum atomic E-state index is -3.68. The minimum absolute atomic E-state index is 0.0870. The Kier molecular flexibility index (Phi) is 6.15. The third-order valence-corrected chi connectivity index (χ3v) is 5.56. The molecule has 6 nitrogen and oxygen atoms in total. The van der Waals surface area contributed by atoms with E-state index >= 15 is 0 Å². The molecule has 0 atom stereocenters. The van der Waals surface area contributed by atoms with Crippen molar-refractivity contribution in [3.63, 3.8) is 0 Å². The number of rotatable bonds is 6. The summed E-state index contributed by atoms with van der Waals surface area (Å²) in [5.74, 6) is -0.311. The van der Waals surface area contributed by atoms with Crippen LogP contribution in [0.3, 0.4) is 0 Å². The molecule has 2 aromatic carbocycles. The molecule has 0 aromatic heterocycles. The van der Waals surface area contributed by atoms with Gasteiger partial charge in [-0.3, -0.25) is 9.59 Å². The molecule has 1 N–H and O–H groups in total. The number of nitrogens with zero attached hydrogens (tertiary/aromatic N) is 1. The van der Waals surface area contributed by atoms with Crippen molar-refractivity contribution in [2.45, 2.75) is 37.0 Å². The molecule has 0 fully saturated rings. The van der Waals surface area contributed by atoms with E-state index in [1.54, 1.807) is 29.2 Å². The van der Waals surface area contributed by atoms with Gasteiger partial charge in [0.2, 0.25) is 21.7 Å². The molecule has 26 heavy (non-hydrogen) atoms. The number of carbonyl (C=O) groups excluding carboxylic acids is 2. The van der Waals surface area contributed by atoms with Crippen LogP contribution in [0.1, 0.15) is 27.2 Å². The molecule has 0 aliphatic rings. The molecule has 0 saturated carbocycles. The van der Waals surface area contributed by atoms with Crippen LogP contribution in [0, 0.1) is 0 Å². The number of carbonyl (C=O) groups is 2. The molecule has 0 aliphatic carbocycles. The lowest BCUT2D eigenvalue weighted by molar-refractivity contribution is -0.116. The maximum absolute atomic E-state index is 12.7. The Balaban J connectivity index is 2.29. The van der Waals surface area contributed by atoms with E-state index in [0.29, 0.717) is 17.9 Å². The third kappa shape index (κ3) is 4.49. The second-order valence-corrected chi connectivity index (χ2v) is 7.82. The molecular weight excluding hydrogens is 352 g/mol. The zero-order valence-electron chi connectivity index (χ0n) is 15.0. The average molecular weight is 374 g/mol. The molecule has 2 amide bonds. The molecule has 2 aromatic rings. The maximum atomic E-state index is 12.7. The van der Waals surface area contributed by atoms with E-state index in [1.165, 1.54) is 38.1 Å². The molecule has 138 valence electrons. The van der Waals surface area contributed by atoms with Crippen molar-refractivity contribution >= 4 is 33.0 Å². The Bertz CT molecular complexity index is 888. The van der Waals surface area contributed by atoms with Gasteiger partial charge in [0.1, 0.15) is 0 Å². The van der Waals surface area contributed by atoms with Gasteiger partial charge in [0.05, 0.1) is 9.79 Å². The van der Waals surface area contributed by atoms with E-state index in [1.807, 2.05) is 6.92 Å². The Morgan fingerprint density at radius 3 is 1.85 bits per heavy atom. The summed E-state index contributed by atoms with van der Waals surface area (Å²) in [4.78, 5) is 24.7. The van der Waals surface area contributed by atoms with E-state index in [9.17, 15) is 18.0 Å². The second kappa shape index (κ2) is 8.14. The van der Waals surface area contributed by atoms with Crippen LogP contribution in [0.25, 0.3) is 0 Å². The van der Waals surface area contributed by atoms with E-state index in [2.05, 4.69) is 5.32 Å². The average Bonchev–Trinajstić information content (AvgIpc) is 2.59. The highest BCUT2D eigenvalue weighted by molar-refractivity contribution is 7.91. The summed E-state index contributed by atoms with van der Waals surface area (Å²) >= 11 is 0. The number of sulfone groups is 1. The number of amides is 2. The Morgan fingerprint density at radius 1 is 0.923 bits per heavy atom. The monoisotopic (exact) mass is 374 g/mol. The Labute approximate surface area is 153 Å². The van der Waals surface area contributed by atoms with Crippen LogP contribution in [0.2, 0.25) is 0 Å². The molecule has 0 unspecified atom stereocenters. The fraction of sp³-hybridized carbons (Fsp3) is 0.263. The summed E-state index contributed by atoms with van der Waals surface area (Å²) in [5.41, 5.74) is 1.20. The van der Waals surface area contributed by atoms with Crippen LogP contribution in [0.4, 0.5) is 11.4 Å². The Hall–Kier alpha value is -2.67. The van der Waals surface area contributed by atoms with Crippen LogP contribution >= 0.6 is 0 Å². The number of anilines is 2. The first-order chi connectivity index (χ1) is 12.3. The van der Waals surface area contributed by atoms with Gasteiger partial charge < -0.3 is 10.2 Å². The molecule has 0 radical (unpaired) electrons. The lowest BCUT2D eigenvalue weighted by Gasteiger charge is -2.20. The molecule has 0 spiro atoms. The Morgan fingerprint density at radius 2 is 1.42 bits per heavy atom. The van der Waals surface area contributed by atoms with Crippen molar-refractivity contribution < 1.29 is 18.0 Å². The van der Waals surface area contributed by atoms with Gasteiger partial charge in [-0.25, -0.2) is 8.42 Å². The standard InChI is InChI=1S/C19H22N2O4S/c1-4-13-21(15(3)23)17-7-11-19(12-8-17)26(24,25)18-9-5-16(6-10-18)20-14(2)22/h5-12H,4,13H2,1-3H3,(H,20,22). The van der Waals surface area contributed by atoms with E-state index in [-0.39, 0.29) is 21.6 Å². The van der Waals surface area contributed by atoms with E-state index < -0.39 is 9.84 Å². The third-order valence-electron chi connectivity index (χ3n) is 3.77. The molecular formula is C19H22N2O4S. The first-order valence-corrected chi connectivity index (χ1v) is 9.75. The fourth-order valence-corrected chi connectivity index (χ4v) is 3.81. The van der Waals surface area contributed by atoms with Gasteiger partial charge in [-0.2, -0.15) is 0 Å². The van der Waals surface area contributed by atoms with Gasteiger partial charge >= 0.3 is 0 Å². The summed E-state index contributed by atoms with van der Waals surface area (Å²) in [6.07, 6.45) is 0.806. The van der Waals surface area contributed by atoms with Gasteiger partial charge in [0, 0.05) is 31.8 Å². The van der Waals surface area contributed by atoms with Gasteiger partial charge in [-0.1, -0.05) is 6.92 Å². The van der Waals surface area contributed by atoms with Crippen molar-refractivity contribution in [2.75, 3.05) is 16.8 Å². The van der Waals surface area contributed by atoms with Crippen molar-refractivity contribution in [1.29, 1.82) is 0 Å². The van der Waals surface area contributed by atoms with Crippen molar-refractivity contribution in [3.05, 3.63) is 48.5 Å². The van der Waals surface area contributed by atoms with E-state index in [0.717, 1.165) is 6.42 Å². The second-order valence-electron chi connectivity index (χ2n) is 5.87. The van der Waals surface area contributed by atoms with Crippen LogP contribution in [0.5, 0.6) is 0 Å². The number of nitrogens with one attached hydrogen (secondary N) is 1. The molecule has 0 aliphatic heterocycles. The summed E-state index contributed by atoms with van der Waals surface area (Å²) in [5, 5.41) is 2.59. The fourth-order valence-electron chi connectivity index (χ4n) is 2.55. The smallest absolute Gasteiger partial charge is 0.223 e. The van der Waals surface area contributed by atoms with Crippen LogP contribution in [-0.4, -0.2) is 26.8 Å². The maximum Gasteiger partial charge on any atom is 0.223 e. The zero-order chi connectivity index (χ0) is 19.3. The van der Waals surface area contributed by atoms with E-state index in [4.69, 9.17) is 0 Å². The molecule has 2 rings (SSSR count). The first kappa shape index (κ1) is 19.7. The summed E-state index contributed by atoms with van der Waals surface area (Å²) in [6.45, 7) is 5.41. The van der Waals surface area contributed by atoms with Crippen LogP contribution in [0.15, 0.2) is 58.3 Å². The zero-order valence-corrected chi connectivity index (χ0v) is 15.8. The topological polar surface area (TPSA) is 83.6 Å². The first-order valence-electron chi connectivity index (χ1n) is 8.26. The van der Waals surface area contributed by atoms with Crippen molar-refractivity contribution in [1.82, 2.24) is 0 Å². The highest BCUT2D eigenvalue weighted by Crippen LogP contribution is 2.25. The lowest BCUT2D eigenvalue weighted by Crippen LogP contribution is -2.29. The van der Waals surface area contributed by atoms with Gasteiger partial charge in [-0.05, 0) is 55.0 Å². The SMILES string of the molecule is CCCN(C(C)=O)c1ccc(S(=O)(=O)c2ccc(NC(C)=O)cc2)cc1. The summed E-state index contributed by atoms with van der Waals surface area (Å²) in [6, 6.07) is 12.3.